The van der Waals surface area contributed by atoms with E-state index >= 15 is 0 Å². The Morgan fingerprint density at radius 1 is 1.35 bits per heavy atom. The molecule has 1 rings (SSSR count). The van der Waals surface area contributed by atoms with E-state index in [2.05, 4.69) is 5.32 Å². The van der Waals surface area contributed by atoms with Gasteiger partial charge in [-0.25, -0.2) is 0 Å². The van der Waals surface area contributed by atoms with Crippen LogP contribution in [0.2, 0.25) is 0 Å². The smallest absolute Gasteiger partial charge is 0.309 e. The molecule has 4 heteroatoms. The van der Waals surface area contributed by atoms with Crippen LogP contribution in [0.3, 0.4) is 0 Å². The first-order valence-electron chi connectivity index (χ1n) is 5.41. The lowest BCUT2D eigenvalue weighted by Gasteiger charge is -2.18. The van der Waals surface area contributed by atoms with Crippen molar-refractivity contribution in [3.63, 3.8) is 0 Å². The second-order valence-corrected chi connectivity index (χ2v) is 4.78. The fourth-order valence-corrected chi connectivity index (χ4v) is 1.41. The first kappa shape index (κ1) is 13.2. The molecule has 0 aliphatic carbocycles. The van der Waals surface area contributed by atoms with Crippen LogP contribution < -0.4 is 5.32 Å². The molecule has 1 amide bonds. The molecular formula is C13H17NO3. The van der Waals surface area contributed by atoms with Gasteiger partial charge in [0.15, 0.2) is 0 Å². The van der Waals surface area contributed by atoms with Gasteiger partial charge in [0.25, 0.3) is 0 Å². The molecule has 0 unspecified atom stereocenters. The molecule has 1 aromatic carbocycles. The molecule has 0 aliphatic rings. The van der Waals surface area contributed by atoms with Crippen LogP contribution in [0.25, 0.3) is 0 Å². The van der Waals surface area contributed by atoms with Crippen molar-refractivity contribution in [2.24, 2.45) is 5.41 Å². The summed E-state index contributed by atoms with van der Waals surface area (Å²) in [5.74, 6) is -1.26. The maximum atomic E-state index is 11.7. The molecule has 0 aliphatic heterocycles. The SMILES string of the molecule is Cc1cccc(NC(=O)CC(C)(C)C(=O)O)c1. The van der Waals surface area contributed by atoms with Crippen molar-refractivity contribution in [3.05, 3.63) is 29.8 Å². The van der Waals surface area contributed by atoms with E-state index in [1.165, 1.54) is 13.8 Å². The maximum Gasteiger partial charge on any atom is 0.309 e. The van der Waals surface area contributed by atoms with Gasteiger partial charge in [0.05, 0.1) is 5.41 Å². The number of benzene rings is 1. The van der Waals surface area contributed by atoms with Gasteiger partial charge in [-0.2, -0.15) is 0 Å². The fraction of sp³-hybridized carbons (Fsp3) is 0.385. The number of carboxylic acid groups (broad SMARTS) is 1. The lowest BCUT2D eigenvalue weighted by Crippen LogP contribution is -2.29. The minimum Gasteiger partial charge on any atom is -0.481 e. The van der Waals surface area contributed by atoms with Crippen molar-refractivity contribution in [1.82, 2.24) is 0 Å². The summed E-state index contributed by atoms with van der Waals surface area (Å²) in [5, 5.41) is 11.6. The molecule has 0 saturated heterocycles. The van der Waals surface area contributed by atoms with E-state index in [0.717, 1.165) is 5.56 Å². The third kappa shape index (κ3) is 3.90. The zero-order valence-electron chi connectivity index (χ0n) is 10.3. The average Bonchev–Trinajstić information content (AvgIpc) is 2.15. The van der Waals surface area contributed by atoms with Gasteiger partial charge in [0, 0.05) is 12.1 Å². The van der Waals surface area contributed by atoms with E-state index in [9.17, 15) is 9.59 Å². The summed E-state index contributed by atoms with van der Waals surface area (Å²) >= 11 is 0. The minimum absolute atomic E-state index is 0.0454. The van der Waals surface area contributed by atoms with Crippen LogP contribution in [0, 0.1) is 12.3 Å². The largest absolute Gasteiger partial charge is 0.481 e. The monoisotopic (exact) mass is 235 g/mol. The summed E-state index contributed by atoms with van der Waals surface area (Å²) in [6, 6.07) is 7.38. The first-order valence-corrected chi connectivity index (χ1v) is 5.41. The number of carbonyl (C=O) groups is 2. The van der Waals surface area contributed by atoms with Gasteiger partial charge in [0.2, 0.25) is 5.91 Å². The van der Waals surface area contributed by atoms with E-state index in [1.807, 2.05) is 25.1 Å². The van der Waals surface area contributed by atoms with Gasteiger partial charge >= 0.3 is 5.97 Å². The van der Waals surface area contributed by atoms with Crippen LogP contribution in [0.4, 0.5) is 5.69 Å². The van der Waals surface area contributed by atoms with E-state index < -0.39 is 11.4 Å². The Balaban J connectivity index is 2.65. The third-order valence-corrected chi connectivity index (χ3v) is 2.48. The molecule has 0 aromatic heterocycles. The molecule has 0 atom stereocenters. The summed E-state index contributed by atoms with van der Waals surface area (Å²) in [4.78, 5) is 22.6. The number of carbonyl (C=O) groups excluding carboxylic acids is 1. The summed E-state index contributed by atoms with van der Waals surface area (Å²) in [6.45, 7) is 4.99. The van der Waals surface area contributed by atoms with Crippen LogP contribution in [0.15, 0.2) is 24.3 Å². The normalized spacial score (nSPS) is 11.0. The second kappa shape index (κ2) is 4.99. The third-order valence-electron chi connectivity index (χ3n) is 2.48. The molecule has 2 N–H and O–H groups in total. The highest BCUT2D eigenvalue weighted by atomic mass is 16.4. The molecule has 0 spiro atoms. The predicted molar refractivity (Wildman–Crippen MR) is 65.8 cm³/mol. The molecular weight excluding hydrogens is 218 g/mol. The lowest BCUT2D eigenvalue weighted by molar-refractivity contribution is -0.148. The number of carboxylic acids is 1. The highest BCUT2D eigenvalue weighted by Crippen LogP contribution is 2.21. The van der Waals surface area contributed by atoms with Gasteiger partial charge in [-0.15, -0.1) is 0 Å². The molecule has 0 radical (unpaired) electrons. The van der Waals surface area contributed by atoms with Gasteiger partial charge in [-0.3, -0.25) is 9.59 Å². The van der Waals surface area contributed by atoms with Gasteiger partial charge < -0.3 is 10.4 Å². The van der Waals surface area contributed by atoms with E-state index in [4.69, 9.17) is 5.11 Å². The molecule has 4 nitrogen and oxygen atoms in total. The molecule has 0 fully saturated rings. The quantitative estimate of drug-likeness (QED) is 0.842. The highest BCUT2D eigenvalue weighted by Gasteiger charge is 2.30. The number of anilines is 1. The number of aliphatic carboxylic acids is 1. The molecule has 0 saturated carbocycles. The Morgan fingerprint density at radius 3 is 2.53 bits per heavy atom. The number of rotatable bonds is 4. The predicted octanol–water partition coefficient (Wildman–Crippen LogP) is 2.43. The average molecular weight is 235 g/mol. The van der Waals surface area contributed by atoms with Crippen molar-refractivity contribution in [2.75, 3.05) is 5.32 Å². The Morgan fingerprint density at radius 2 is 2.00 bits per heavy atom. The Hall–Kier alpha value is -1.84. The molecule has 0 bridgehead atoms. The zero-order valence-corrected chi connectivity index (χ0v) is 10.3. The van der Waals surface area contributed by atoms with Crippen molar-refractivity contribution in [2.45, 2.75) is 27.2 Å². The maximum absolute atomic E-state index is 11.7. The van der Waals surface area contributed by atoms with Crippen LogP contribution in [-0.4, -0.2) is 17.0 Å². The van der Waals surface area contributed by atoms with Crippen molar-refractivity contribution < 1.29 is 14.7 Å². The van der Waals surface area contributed by atoms with E-state index in [0.29, 0.717) is 5.69 Å². The Labute approximate surface area is 101 Å². The molecule has 1 aromatic rings. The van der Waals surface area contributed by atoms with E-state index in [-0.39, 0.29) is 12.3 Å². The summed E-state index contributed by atoms with van der Waals surface area (Å²) in [5.41, 5.74) is 0.685. The Bertz CT molecular complexity index is 438. The highest BCUT2D eigenvalue weighted by molar-refractivity contribution is 5.94. The fourth-order valence-electron chi connectivity index (χ4n) is 1.41. The van der Waals surface area contributed by atoms with Crippen LogP contribution in [0.5, 0.6) is 0 Å². The zero-order chi connectivity index (χ0) is 13.1. The summed E-state index contributed by atoms with van der Waals surface area (Å²) in [7, 11) is 0. The van der Waals surface area contributed by atoms with E-state index in [1.54, 1.807) is 6.07 Å². The number of aryl methyl sites for hydroxylation is 1. The second-order valence-electron chi connectivity index (χ2n) is 4.78. The molecule has 17 heavy (non-hydrogen) atoms. The van der Waals surface area contributed by atoms with Crippen LogP contribution in [-0.2, 0) is 9.59 Å². The van der Waals surface area contributed by atoms with Crippen molar-refractivity contribution in [3.8, 4) is 0 Å². The number of hydrogen-bond acceptors (Lipinski definition) is 2. The Kier molecular flexibility index (Phi) is 3.89. The van der Waals surface area contributed by atoms with Gasteiger partial charge in [0.1, 0.15) is 0 Å². The minimum atomic E-state index is -1.05. The van der Waals surface area contributed by atoms with Gasteiger partial charge in [-0.05, 0) is 38.5 Å². The standard InChI is InChI=1S/C13H17NO3/c1-9-5-4-6-10(7-9)14-11(15)8-13(2,3)12(16)17/h4-7H,8H2,1-3H3,(H,14,15)(H,16,17). The van der Waals surface area contributed by atoms with Gasteiger partial charge in [-0.1, -0.05) is 12.1 Å². The number of amides is 1. The topological polar surface area (TPSA) is 66.4 Å². The summed E-state index contributed by atoms with van der Waals surface area (Å²) in [6.07, 6.45) is -0.0454. The summed E-state index contributed by atoms with van der Waals surface area (Å²) < 4.78 is 0. The van der Waals surface area contributed by atoms with Crippen molar-refractivity contribution >= 4 is 17.6 Å². The molecule has 0 heterocycles. The van der Waals surface area contributed by atoms with Crippen LogP contribution >= 0.6 is 0 Å². The number of nitrogens with one attached hydrogen (secondary N) is 1. The molecule has 92 valence electrons. The number of hydrogen-bond donors (Lipinski definition) is 2. The first-order chi connectivity index (χ1) is 7.81. The lowest BCUT2D eigenvalue weighted by atomic mass is 9.89. The van der Waals surface area contributed by atoms with Crippen molar-refractivity contribution in [1.29, 1.82) is 0 Å². The van der Waals surface area contributed by atoms with Crippen LogP contribution in [0.1, 0.15) is 25.8 Å².